The maximum atomic E-state index is 13.4. The Hall–Kier alpha value is -6.86. The van der Waals surface area contributed by atoms with E-state index in [4.69, 9.17) is 24.8 Å². The molecule has 8 rings (SSSR count). The first-order chi connectivity index (χ1) is 31.4. The van der Waals surface area contributed by atoms with E-state index < -0.39 is 25.1 Å². The summed E-state index contributed by atoms with van der Waals surface area (Å²) < 4.78 is 89.2. The van der Waals surface area contributed by atoms with Gasteiger partial charge in [0.1, 0.15) is 21.3 Å². The molecule has 6 aromatic rings. The van der Waals surface area contributed by atoms with E-state index in [0.29, 0.717) is 87.4 Å². The fourth-order valence-electron chi connectivity index (χ4n) is 6.81. The van der Waals surface area contributed by atoms with Crippen molar-refractivity contribution in [3.8, 4) is 34.3 Å². The molecule has 2 fully saturated rings. The van der Waals surface area contributed by atoms with Gasteiger partial charge in [-0.15, -0.1) is 0 Å². The molecule has 0 spiro atoms. The van der Waals surface area contributed by atoms with E-state index in [1.54, 1.807) is 74.9 Å². The molecule has 2 aliphatic rings. The lowest BCUT2D eigenvalue weighted by Gasteiger charge is -2.27. The van der Waals surface area contributed by atoms with E-state index >= 15 is 0 Å². The lowest BCUT2D eigenvalue weighted by Crippen LogP contribution is -2.37. The quantitative estimate of drug-likeness (QED) is 0.0624. The van der Waals surface area contributed by atoms with E-state index in [0.717, 1.165) is 0 Å². The van der Waals surface area contributed by atoms with E-state index in [2.05, 4.69) is 44.8 Å². The van der Waals surface area contributed by atoms with Crippen LogP contribution in [0.15, 0.2) is 94.7 Å². The topological polar surface area (TPSA) is 269 Å². The SMILES string of the molecule is COc1ccc(Nc2nc(-c3ccc(C=Cc4ccc(-c5nc(Nc6ccc(OC)cc6)nc(N6CCOCC6)n5)cc4S(=O)(=O)ON)c(S(=O)(=O)O)c3)nc(N3CCOCC3)n2)cc1. The van der Waals surface area contributed by atoms with Gasteiger partial charge in [-0.2, -0.15) is 56.9 Å². The number of morpholine rings is 2. The highest BCUT2D eigenvalue weighted by Gasteiger charge is 2.24. The van der Waals surface area contributed by atoms with Crippen molar-refractivity contribution < 1.29 is 44.6 Å². The molecule has 0 atom stereocenters. The van der Waals surface area contributed by atoms with Crippen LogP contribution in [0, 0.1) is 0 Å². The van der Waals surface area contributed by atoms with Crippen molar-refractivity contribution in [2.45, 2.75) is 9.79 Å². The van der Waals surface area contributed by atoms with E-state index in [1.165, 1.54) is 36.4 Å². The van der Waals surface area contributed by atoms with E-state index in [-0.39, 0.29) is 50.7 Å². The van der Waals surface area contributed by atoms with Crippen LogP contribution in [0.25, 0.3) is 34.9 Å². The Morgan fingerprint density at radius 2 is 1.02 bits per heavy atom. The van der Waals surface area contributed by atoms with Gasteiger partial charge in [0.15, 0.2) is 11.6 Å². The van der Waals surface area contributed by atoms with Crippen LogP contribution in [-0.2, 0) is 34.0 Å². The van der Waals surface area contributed by atoms with Gasteiger partial charge in [0.2, 0.25) is 23.8 Å². The average Bonchev–Trinajstić information content (AvgIpc) is 3.33. The van der Waals surface area contributed by atoms with Gasteiger partial charge in [0.05, 0.1) is 40.6 Å². The van der Waals surface area contributed by atoms with Gasteiger partial charge in [-0.25, -0.2) is 0 Å². The predicted octanol–water partition coefficient (Wildman–Crippen LogP) is 4.56. The fourth-order valence-corrected chi connectivity index (χ4v) is 8.32. The monoisotopic (exact) mass is 925 g/mol. The molecular weight excluding hydrogens is 883 g/mol. The first kappa shape index (κ1) is 44.7. The van der Waals surface area contributed by atoms with Crippen LogP contribution in [0.1, 0.15) is 11.1 Å². The third-order valence-corrected chi connectivity index (χ3v) is 12.2. The van der Waals surface area contributed by atoms with Crippen LogP contribution in [0.4, 0.5) is 35.2 Å². The minimum atomic E-state index is -4.88. The van der Waals surface area contributed by atoms with Crippen molar-refractivity contribution in [2.75, 3.05) is 87.3 Å². The number of hydrogen-bond acceptors (Lipinski definition) is 20. The molecule has 21 nitrogen and oxygen atoms in total. The molecule has 0 aliphatic carbocycles. The number of nitrogens with zero attached hydrogens (tertiary/aromatic N) is 8. The van der Waals surface area contributed by atoms with E-state index in [1.807, 2.05) is 9.80 Å². The van der Waals surface area contributed by atoms with Gasteiger partial charge in [0.25, 0.3) is 10.1 Å². The molecule has 0 saturated carbocycles. The second kappa shape index (κ2) is 19.5. The summed E-state index contributed by atoms with van der Waals surface area (Å²) >= 11 is 0. The third kappa shape index (κ3) is 10.7. The summed E-state index contributed by atoms with van der Waals surface area (Å²) in [7, 11) is -6.35. The minimum Gasteiger partial charge on any atom is -0.497 e. The molecule has 338 valence electrons. The fraction of sp³-hybridized carbons (Fsp3) is 0.238. The highest BCUT2D eigenvalue weighted by molar-refractivity contribution is 7.86. The molecule has 2 saturated heterocycles. The molecule has 2 aliphatic heterocycles. The van der Waals surface area contributed by atoms with Crippen LogP contribution in [0.5, 0.6) is 11.5 Å². The Bertz CT molecular complexity index is 2920. The largest absolute Gasteiger partial charge is 0.497 e. The van der Waals surface area contributed by atoms with Gasteiger partial charge in [-0.1, -0.05) is 36.4 Å². The molecule has 4 heterocycles. The Balaban J connectivity index is 1.15. The molecule has 0 radical (unpaired) electrons. The summed E-state index contributed by atoms with van der Waals surface area (Å²) in [6.07, 6.45) is 2.68. The first-order valence-electron chi connectivity index (χ1n) is 20.0. The molecule has 5 N–H and O–H groups in total. The average molecular weight is 926 g/mol. The zero-order valence-corrected chi connectivity index (χ0v) is 36.6. The van der Waals surface area contributed by atoms with Crippen molar-refractivity contribution in [3.05, 3.63) is 96.1 Å². The van der Waals surface area contributed by atoms with Gasteiger partial charge in [-0.05, 0) is 71.8 Å². The van der Waals surface area contributed by atoms with Crippen molar-refractivity contribution in [3.63, 3.8) is 0 Å². The highest BCUT2D eigenvalue weighted by Crippen LogP contribution is 2.31. The number of aromatic nitrogens is 6. The number of ether oxygens (including phenoxy) is 4. The molecular formula is C42H43N11O10S2. The molecule has 2 aromatic heterocycles. The number of methoxy groups -OCH3 is 2. The number of nitrogens with one attached hydrogen (secondary N) is 2. The summed E-state index contributed by atoms with van der Waals surface area (Å²) in [4.78, 5) is 30.7. The summed E-state index contributed by atoms with van der Waals surface area (Å²) in [5.74, 6) is 7.86. The van der Waals surface area contributed by atoms with Crippen LogP contribution in [0.3, 0.4) is 0 Å². The molecule has 65 heavy (non-hydrogen) atoms. The molecule has 4 aromatic carbocycles. The Morgan fingerprint density at radius 1 is 0.600 bits per heavy atom. The number of anilines is 6. The van der Waals surface area contributed by atoms with Crippen molar-refractivity contribution in [1.82, 2.24) is 29.9 Å². The number of rotatable bonds is 15. The van der Waals surface area contributed by atoms with Crippen LogP contribution >= 0.6 is 0 Å². The minimum absolute atomic E-state index is 0.0123. The summed E-state index contributed by atoms with van der Waals surface area (Å²) in [6, 6.07) is 22.8. The van der Waals surface area contributed by atoms with Gasteiger partial charge >= 0.3 is 10.1 Å². The van der Waals surface area contributed by atoms with Gasteiger partial charge in [-0.3, -0.25) is 4.55 Å². The summed E-state index contributed by atoms with van der Waals surface area (Å²) in [5.41, 5.74) is 1.89. The number of nitrogens with two attached hydrogens (primary N) is 1. The first-order valence-corrected chi connectivity index (χ1v) is 22.8. The number of benzene rings is 4. The van der Waals surface area contributed by atoms with Crippen LogP contribution in [0.2, 0.25) is 0 Å². The maximum Gasteiger partial charge on any atom is 0.313 e. The molecule has 23 heteroatoms. The summed E-state index contributed by atoms with van der Waals surface area (Å²) in [5, 5.41) is 6.33. The molecule has 0 unspecified atom stereocenters. The van der Waals surface area contributed by atoms with Gasteiger partial charge < -0.3 is 39.4 Å². The second-order valence-electron chi connectivity index (χ2n) is 14.3. The molecule has 0 bridgehead atoms. The molecule has 0 amide bonds. The number of hydrogen-bond donors (Lipinski definition) is 4. The second-order valence-corrected chi connectivity index (χ2v) is 17.3. The Morgan fingerprint density at radius 3 is 1.42 bits per heavy atom. The van der Waals surface area contributed by atoms with Crippen molar-refractivity contribution in [1.29, 1.82) is 0 Å². The zero-order valence-electron chi connectivity index (χ0n) is 35.0. The predicted molar refractivity (Wildman–Crippen MR) is 240 cm³/mol. The highest BCUT2D eigenvalue weighted by atomic mass is 32.2. The third-order valence-electron chi connectivity index (χ3n) is 10.2. The zero-order chi connectivity index (χ0) is 45.6. The van der Waals surface area contributed by atoms with Crippen LogP contribution in [-0.4, -0.2) is 118 Å². The smallest absolute Gasteiger partial charge is 0.313 e. The van der Waals surface area contributed by atoms with Crippen LogP contribution < -0.4 is 35.8 Å². The lowest BCUT2D eigenvalue weighted by atomic mass is 10.1. The standard InChI is InChI=1S/C42H43N11O10S2/c1-59-33-13-9-31(10-14-33)44-39-46-37(48-41(50-39)52-17-21-61-22-18-52)29-7-5-27(35(25-29)64(54,55)56)3-4-28-6-8-30(26-36(28)65(57,58)63-43)38-47-40(45-32-11-15-34(60-2)16-12-32)51-42(49-38)53-19-23-62-24-20-53/h3-16,25-26H,17-24,43H2,1-2H3,(H,54,55,56)(H,44,46,48,50)(H,45,47,49,51). The Kier molecular flexibility index (Phi) is 13.4. The Labute approximate surface area is 374 Å². The normalized spacial score (nSPS) is 14.6. The summed E-state index contributed by atoms with van der Waals surface area (Å²) in [6.45, 7) is 3.86. The maximum absolute atomic E-state index is 13.4. The van der Waals surface area contributed by atoms with Gasteiger partial charge in [0, 0.05) is 48.7 Å². The van der Waals surface area contributed by atoms with Crippen molar-refractivity contribution in [2.24, 2.45) is 5.90 Å². The lowest BCUT2D eigenvalue weighted by molar-refractivity contribution is 0.122. The van der Waals surface area contributed by atoms with E-state index in [9.17, 15) is 21.4 Å². The van der Waals surface area contributed by atoms with Crippen molar-refractivity contribution >= 4 is 67.6 Å².